The molecule has 128 valence electrons. The molecule has 0 bridgehead atoms. The second-order valence-corrected chi connectivity index (χ2v) is 7.00. The highest BCUT2D eigenvalue weighted by Gasteiger charge is 2.39. The Bertz CT molecular complexity index is 653. The van der Waals surface area contributed by atoms with E-state index in [2.05, 4.69) is 5.32 Å². The molecule has 24 heavy (non-hydrogen) atoms. The van der Waals surface area contributed by atoms with Gasteiger partial charge < -0.3 is 20.1 Å². The molecule has 3 N–H and O–H groups in total. The van der Waals surface area contributed by atoms with Crippen molar-refractivity contribution in [2.75, 3.05) is 5.32 Å². The van der Waals surface area contributed by atoms with E-state index in [1.165, 1.54) is 0 Å². The average Bonchev–Trinajstić information content (AvgIpc) is 2.53. The van der Waals surface area contributed by atoms with Crippen LogP contribution >= 0.6 is 0 Å². The van der Waals surface area contributed by atoms with E-state index in [0.717, 1.165) is 11.3 Å². The summed E-state index contributed by atoms with van der Waals surface area (Å²) in [6.07, 6.45) is 0. The van der Waals surface area contributed by atoms with Crippen LogP contribution in [0.5, 0.6) is 0 Å². The summed E-state index contributed by atoms with van der Waals surface area (Å²) >= 11 is 0. The van der Waals surface area contributed by atoms with E-state index in [9.17, 15) is 10.1 Å². The zero-order chi connectivity index (χ0) is 17.8. The maximum atomic E-state index is 10.4. The van der Waals surface area contributed by atoms with E-state index in [-0.39, 0.29) is 0 Å². The minimum atomic E-state index is -1.09. The fourth-order valence-electron chi connectivity index (χ4n) is 2.11. The van der Waals surface area contributed by atoms with Crippen molar-refractivity contribution in [1.29, 1.82) is 0 Å². The first-order chi connectivity index (χ1) is 11.2. The molecule has 0 radical (unpaired) electrons. The first-order valence-electron chi connectivity index (χ1n) is 8.15. The predicted molar refractivity (Wildman–Crippen MR) is 99.3 cm³/mol. The van der Waals surface area contributed by atoms with E-state index in [1.54, 1.807) is 27.7 Å². The third-order valence-electron chi connectivity index (χ3n) is 4.39. The number of nitrogens with one attached hydrogen (secondary N) is 1. The molecule has 0 aliphatic carbocycles. The number of anilines is 1. The summed E-state index contributed by atoms with van der Waals surface area (Å²) in [5.41, 5.74) is 0.799. The van der Waals surface area contributed by atoms with Crippen LogP contribution in [0.1, 0.15) is 33.3 Å². The van der Waals surface area contributed by atoms with Crippen LogP contribution in [0.3, 0.4) is 0 Å². The fourth-order valence-corrected chi connectivity index (χ4v) is 2.11. The largest absolute Gasteiger partial charge is 0.491 e. The van der Waals surface area contributed by atoms with Crippen molar-refractivity contribution in [2.45, 2.75) is 45.4 Å². The highest BCUT2D eigenvalue weighted by atomic mass is 16.5. The van der Waals surface area contributed by atoms with E-state index in [0.29, 0.717) is 12.0 Å². The number of aliphatic hydroxyl groups is 1. The summed E-state index contributed by atoms with van der Waals surface area (Å²) in [6.45, 7) is 7.51. The lowest BCUT2D eigenvalue weighted by molar-refractivity contribution is -0.0982. The molecule has 0 atom stereocenters. The van der Waals surface area contributed by atoms with Crippen molar-refractivity contribution < 1.29 is 14.8 Å². The molecule has 0 aliphatic rings. The molecule has 2 rings (SSSR count). The van der Waals surface area contributed by atoms with Gasteiger partial charge in [0.25, 0.3) is 0 Å². The average molecular weight is 327 g/mol. The van der Waals surface area contributed by atoms with E-state index in [4.69, 9.17) is 4.65 Å². The van der Waals surface area contributed by atoms with Crippen LogP contribution in [-0.4, -0.2) is 28.5 Å². The number of hydrogen-bond donors (Lipinski definition) is 3. The van der Waals surface area contributed by atoms with Gasteiger partial charge in [0.1, 0.15) is 0 Å². The lowest BCUT2D eigenvalue weighted by atomic mass is 9.76. The molecule has 0 heterocycles. The Labute approximate surface area is 144 Å². The second-order valence-electron chi connectivity index (χ2n) is 7.00. The molecule has 0 fully saturated rings. The fraction of sp³-hybridized carbons (Fsp3) is 0.368. The van der Waals surface area contributed by atoms with Crippen molar-refractivity contribution in [1.82, 2.24) is 0 Å². The maximum Gasteiger partial charge on any atom is 0.491 e. The van der Waals surface area contributed by atoms with Crippen LogP contribution in [-0.2, 0) is 11.2 Å². The van der Waals surface area contributed by atoms with Crippen LogP contribution < -0.4 is 10.8 Å². The Kier molecular flexibility index (Phi) is 5.70. The molecular weight excluding hydrogens is 301 g/mol. The van der Waals surface area contributed by atoms with Crippen LogP contribution in [0, 0.1) is 0 Å². The molecule has 0 saturated heterocycles. The predicted octanol–water partition coefficient (Wildman–Crippen LogP) is 2.55. The molecule has 0 amide bonds. The molecule has 2 aromatic carbocycles. The van der Waals surface area contributed by atoms with Crippen LogP contribution in [0.4, 0.5) is 5.69 Å². The molecule has 0 aromatic heterocycles. The van der Waals surface area contributed by atoms with Gasteiger partial charge >= 0.3 is 7.12 Å². The summed E-state index contributed by atoms with van der Waals surface area (Å²) in [7, 11) is -1.09. The van der Waals surface area contributed by atoms with Crippen molar-refractivity contribution in [3.8, 4) is 0 Å². The summed E-state index contributed by atoms with van der Waals surface area (Å²) in [6, 6.07) is 17.6. The topological polar surface area (TPSA) is 61.7 Å². The molecule has 0 saturated carbocycles. The van der Waals surface area contributed by atoms with Crippen molar-refractivity contribution in [3.05, 3.63) is 60.2 Å². The molecule has 4 nitrogen and oxygen atoms in total. The molecular formula is C19H26BNO3. The summed E-state index contributed by atoms with van der Waals surface area (Å²) in [5, 5.41) is 23.9. The number of hydrogen-bond acceptors (Lipinski definition) is 4. The van der Waals surface area contributed by atoms with Gasteiger partial charge in [0.15, 0.2) is 0 Å². The molecule has 0 unspecified atom stereocenters. The van der Waals surface area contributed by atoms with Gasteiger partial charge in [-0.25, -0.2) is 0 Å². The Morgan fingerprint density at radius 1 is 1.00 bits per heavy atom. The Balaban J connectivity index is 2.04. The number of rotatable bonds is 7. The zero-order valence-electron chi connectivity index (χ0n) is 14.8. The summed E-state index contributed by atoms with van der Waals surface area (Å²) < 4.78 is 5.69. The van der Waals surface area contributed by atoms with Gasteiger partial charge in [-0.05, 0) is 50.9 Å². The molecule has 2 aromatic rings. The van der Waals surface area contributed by atoms with E-state index >= 15 is 0 Å². The molecule has 0 aliphatic heterocycles. The summed E-state index contributed by atoms with van der Waals surface area (Å²) in [5.74, 6) is 0. The van der Waals surface area contributed by atoms with Crippen LogP contribution in [0.2, 0.25) is 0 Å². The van der Waals surface area contributed by atoms with Gasteiger partial charge in [0.2, 0.25) is 0 Å². The first-order valence-corrected chi connectivity index (χ1v) is 8.15. The van der Waals surface area contributed by atoms with Gasteiger partial charge in [0, 0.05) is 12.2 Å². The molecule has 0 spiro atoms. The van der Waals surface area contributed by atoms with Crippen molar-refractivity contribution in [2.24, 2.45) is 0 Å². The Hall–Kier alpha value is -1.82. The van der Waals surface area contributed by atoms with E-state index < -0.39 is 18.3 Å². The maximum absolute atomic E-state index is 10.4. The smallest absolute Gasteiger partial charge is 0.423 e. The normalized spacial score (nSPS) is 12.1. The van der Waals surface area contributed by atoms with Crippen molar-refractivity contribution >= 4 is 18.3 Å². The first kappa shape index (κ1) is 18.5. The zero-order valence-corrected chi connectivity index (χ0v) is 14.8. The highest BCUT2D eigenvalue weighted by Crippen LogP contribution is 2.25. The lowest BCUT2D eigenvalue weighted by Gasteiger charge is -2.38. The van der Waals surface area contributed by atoms with Crippen LogP contribution in [0.25, 0.3) is 0 Å². The summed E-state index contributed by atoms with van der Waals surface area (Å²) in [4.78, 5) is 0. The minimum Gasteiger partial charge on any atom is -0.423 e. The molecule has 5 heteroatoms. The van der Waals surface area contributed by atoms with Gasteiger partial charge in [-0.2, -0.15) is 0 Å². The quantitative estimate of drug-likeness (QED) is 0.684. The SMILES string of the molecule is CC(C)(O)C(C)(C)OB(O)c1cccc(CNc2ccccc2)c1. The number of para-hydroxylation sites is 1. The highest BCUT2D eigenvalue weighted by molar-refractivity contribution is 6.60. The lowest BCUT2D eigenvalue weighted by Crippen LogP contribution is -2.53. The van der Waals surface area contributed by atoms with E-state index in [1.807, 2.05) is 54.6 Å². The Morgan fingerprint density at radius 3 is 2.29 bits per heavy atom. The van der Waals surface area contributed by atoms with Gasteiger partial charge in [-0.15, -0.1) is 0 Å². The monoisotopic (exact) mass is 327 g/mol. The van der Waals surface area contributed by atoms with Gasteiger partial charge in [-0.3, -0.25) is 0 Å². The third-order valence-corrected chi connectivity index (χ3v) is 4.39. The number of benzene rings is 2. The van der Waals surface area contributed by atoms with Gasteiger partial charge in [0.05, 0.1) is 11.2 Å². The standard InChI is InChI=1S/C19H26BNO3/c1-18(2,22)19(3,4)24-20(23)16-10-8-9-15(13-16)14-21-17-11-6-5-7-12-17/h5-13,21-23H,14H2,1-4H3. The Morgan fingerprint density at radius 2 is 1.67 bits per heavy atom. The minimum absolute atomic E-state index is 0.652. The van der Waals surface area contributed by atoms with Gasteiger partial charge in [-0.1, -0.05) is 42.5 Å². The van der Waals surface area contributed by atoms with Crippen LogP contribution in [0.15, 0.2) is 54.6 Å². The van der Waals surface area contributed by atoms with Crippen molar-refractivity contribution in [3.63, 3.8) is 0 Å². The third kappa shape index (κ3) is 4.84. The second kappa shape index (κ2) is 7.39.